The van der Waals surface area contributed by atoms with Crippen molar-refractivity contribution in [3.05, 3.63) is 36.4 Å². The van der Waals surface area contributed by atoms with Crippen LogP contribution in [0.5, 0.6) is 17.2 Å². The number of carbonyl (C=O) groups excluding carboxylic acids is 1. The highest BCUT2D eigenvalue weighted by Gasteiger charge is 2.13. The maximum atomic E-state index is 11.8. The van der Waals surface area contributed by atoms with Crippen LogP contribution in [0.4, 0.5) is 0 Å². The number of aromatic nitrogens is 2. The van der Waals surface area contributed by atoms with Crippen LogP contribution >= 0.6 is 0 Å². The molecule has 0 aliphatic carbocycles. The van der Waals surface area contributed by atoms with Crippen LogP contribution in [-0.4, -0.2) is 35.4 Å². The zero-order chi connectivity index (χ0) is 16.1. The Morgan fingerprint density at radius 1 is 1.39 bits per heavy atom. The van der Waals surface area contributed by atoms with Crippen LogP contribution in [0.15, 0.2) is 30.7 Å². The van der Waals surface area contributed by atoms with Crippen LogP contribution in [0.25, 0.3) is 0 Å². The molecule has 3 rings (SSSR count). The number of benzene rings is 1. The zero-order valence-electron chi connectivity index (χ0n) is 12.9. The number of nitrogens with one attached hydrogen (secondary N) is 1. The molecule has 1 aromatic heterocycles. The van der Waals surface area contributed by atoms with Crippen molar-refractivity contribution in [2.75, 3.05) is 19.9 Å². The van der Waals surface area contributed by atoms with Gasteiger partial charge in [0.2, 0.25) is 12.7 Å². The highest BCUT2D eigenvalue weighted by Crippen LogP contribution is 2.34. The number of hydrogen-bond acceptors (Lipinski definition) is 5. The lowest BCUT2D eigenvalue weighted by Crippen LogP contribution is -2.28. The molecule has 7 nitrogen and oxygen atoms in total. The maximum Gasteiger partial charge on any atom is 0.231 e. The summed E-state index contributed by atoms with van der Waals surface area (Å²) in [4.78, 5) is 15.8. The van der Waals surface area contributed by atoms with Gasteiger partial charge in [0, 0.05) is 31.4 Å². The molecule has 2 aromatic rings. The average Bonchev–Trinajstić information content (AvgIpc) is 3.17. The summed E-state index contributed by atoms with van der Waals surface area (Å²) in [5, 5.41) is 2.84. The van der Waals surface area contributed by atoms with Crippen molar-refractivity contribution >= 4 is 5.91 Å². The van der Waals surface area contributed by atoms with Gasteiger partial charge >= 0.3 is 0 Å². The van der Waals surface area contributed by atoms with E-state index in [1.807, 2.05) is 23.7 Å². The number of hydrogen-bond donors (Lipinski definition) is 1. The molecule has 0 atom stereocenters. The van der Waals surface area contributed by atoms with E-state index in [2.05, 4.69) is 10.3 Å². The third-order valence-corrected chi connectivity index (χ3v) is 3.56. The first-order chi connectivity index (χ1) is 11.2. The van der Waals surface area contributed by atoms with E-state index >= 15 is 0 Å². The van der Waals surface area contributed by atoms with Gasteiger partial charge in [-0.15, -0.1) is 0 Å². The third kappa shape index (κ3) is 3.94. The molecule has 1 N–H and O–H groups in total. The van der Waals surface area contributed by atoms with Crippen molar-refractivity contribution in [1.29, 1.82) is 0 Å². The smallest absolute Gasteiger partial charge is 0.231 e. The molecule has 1 aliphatic rings. The molecule has 122 valence electrons. The fourth-order valence-corrected chi connectivity index (χ4v) is 2.28. The van der Waals surface area contributed by atoms with Crippen LogP contribution in [-0.2, 0) is 18.3 Å². The van der Waals surface area contributed by atoms with Gasteiger partial charge < -0.3 is 24.1 Å². The molecule has 2 heterocycles. The first kappa shape index (κ1) is 15.2. The second-order valence-corrected chi connectivity index (χ2v) is 5.21. The average molecular weight is 317 g/mol. The Morgan fingerprint density at radius 3 is 3.09 bits per heavy atom. The van der Waals surface area contributed by atoms with Crippen LogP contribution in [0.1, 0.15) is 12.1 Å². The summed E-state index contributed by atoms with van der Waals surface area (Å²) in [6.45, 7) is 1.10. The summed E-state index contributed by atoms with van der Waals surface area (Å²) < 4.78 is 18.0. The molecule has 1 aromatic carbocycles. The van der Waals surface area contributed by atoms with Gasteiger partial charge in [0.05, 0.1) is 12.9 Å². The predicted octanol–water partition coefficient (Wildman–Crippen LogP) is 1.28. The predicted molar refractivity (Wildman–Crippen MR) is 82.6 cm³/mol. The monoisotopic (exact) mass is 317 g/mol. The lowest BCUT2D eigenvalue weighted by molar-refractivity contribution is -0.121. The normalized spacial score (nSPS) is 12.2. The van der Waals surface area contributed by atoms with Gasteiger partial charge in [-0.2, -0.15) is 0 Å². The molecule has 0 unspecified atom stereocenters. The Bertz CT molecular complexity index is 684. The molecule has 1 aliphatic heterocycles. The van der Waals surface area contributed by atoms with Gasteiger partial charge in [0.15, 0.2) is 11.5 Å². The maximum absolute atomic E-state index is 11.8. The van der Waals surface area contributed by atoms with Crippen LogP contribution in [0.2, 0.25) is 0 Å². The Morgan fingerprint density at radius 2 is 2.26 bits per heavy atom. The summed E-state index contributed by atoms with van der Waals surface area (Å²) in [5.74, 6) is 2.10. The van der Waals surface area contributed by atoms with E-state index < -0.39 is 0 Å². The van der Waals surface area contributed by atoms with Crippen LogP contribution in [0.3, 0.4) is 0 Å². The Labute approximate surface area is 134 Å². The van der Waals surface area contributed by atoms with E-state index in [1.165, 1.54) is 0 Å². The quantitative estimate of drug-likeness (QED) is 0.779. The number of carbonyl (C=O) groups is 1. The number of amides is 1. The SMILES string of the molecule is Cn1cncc1CCC(=O)NCCOc1ccc2c(c1)OCO2. The number of nitrogens with zero attached hydrogens (tertiary/aromatic N) is 2. The topological polar surface area (TPSA) is 74.6 Å². The molecule has 1 amide bonds. The lowest BCUT2D eigenvalue weighted by atomic mass is 10.2. The van der Waals surface area contributed by atoms with Crippen molar-refractivity contribution in [2.45, 2.75) is 12.8 Å². The second kappa shape index (κ2) is 7.04. The summed E-state index contributed by atoms with van der Waals surface area (Å²) in [7, 11) is 1.92. The van der Waals surface area contributed by atoms with Crippen molar-refractivity contribution in [3.8, 4) is 17.2 Å². The first-order valence-corrected chi connectivity index (χ1v) is 7.47. The molecule has 23 heavy (non-hydrogen) atoms. The highest BCUT2D eigenvalue weighted by molar-refractivity contribution is 5.76. The van der Waals surface area contributed by atoms with Gasteiger partial charge in [0.1, 0.15) is 12.4 Å². The van der Waals surface area contributed by atoms with E-state index in [4.69, 9.17) is 14.2 Å². The van der Waals surface area contributed by atoms with Gasteiger partial charge in [-0.25, -0.2) is 4.98 Å². The van der Waals surface area contributed by atoms with Crippen LogP contribution < -0.4 is 19.5 Å². The summed E-state index contributed by atoms with van der Waals surface area (Å²) in [6.07, 6.45) is 4.61. The van der Waals surface area contributed by atoms with E-state index in [1.54, 1.807) is 18.6 Å². The Balaban J connectivity index is 1.35. The fraction of sp³-hybridized carbons (Fsp3) is 0.375. The largest absolute Gasteiger partial charge is 0.492 e. The van der Waals surface area contributed by atoms with Gasteiger partial charge in [-0.05, 0) is 18.6 Å². The minimum Gasteiger partial charge on any atom is -0.492 e. The molecule has 0 spiro atoms. The van der Waals surface area contributed by atoms with E-state index in [-0.39, 0.29) is 12.7 Å². The van der Waals surface area contributed by atoms with Gasteiger partial charge in [-0.1, -0.05) is 0 Å². The standard InChI is InChI=1S/C16H19N3O4/c1-19-10-17-9-12(19)2-5-16(20)18-6-7-21-13-3-4-14-15(8-13)23-11-22-14/h3-4,8-10H,2,5-7,11H2,1H3,(H,18,20). The third-order valence-electron chi connectivity index (χ3n) is 3.56. The fourth-order valence-electron chi connectivity index (χ4n) is 2.28. The summed E-state index contributed by atoms with van der Waals surface area (Å²) in [6, 6.07) is 5.41. The molecule has 0 bridgehead atoms. The zero-order valence-corrected chi connectivity index (χ0v) is 12.9. The van der Waals surface area contributed by atoms with E-state index in [0.29, 0.717) is 37.5 Å². The number of rotatable bonds is 7. The van der Waals surface area contributed by atoms with Crippen molar-refractivity contribution < 1.29 is 19.0 Å². The Hall–Kier alpha value is -2.70. The molecule has 0 radical (unpaired) electrons. The van der Waals surface area contributed by atoms with Gasteiger partial charge in [0.25, 0.3) is 0 Å². The van der Waals surface area contributed by atoms with Crippen molar-refractivity contribution in [1.82, 2.24) is 14.9 Å². The molecule has 0 saturated heterocycles. The number of fused-ring (bicyclic) bond motifs is 1. The van der Waals surface area contributed by atoms with E-state index in [0.717, 1.165) is 11.4 Å². The lowest BCUT2D eigenvalue weighted by Gasteiger charge is -2.08. The Kier molecular flexibility index (Phi) is 4.65. The second-order valence-electron chi connectivity index (χ2n) is 5.21. The van der Waals surface area contributed by atoms with Crippen molar-refractivity contribution in [2.24, 2.45) is 7.05 Å². The number of imidazole rings is 1. The van der Waals surface area contributed by atoms with E-state index in [9.17, 15) is 4.79 Å². The summed E-state index contributed by atoms with van der Waals surface area (Å²) in [5.41, 5.74) is 1.04. The highest BCUT2D eigenvalue weighted by atomic mass is 16.7. The van der Waals surface area contributed by atoms with Crippen LogP contribution in [0, 0.1) is 0 Å². The minimum absolute atomic E-state index is 0.000451. The number of ether oxygens (including phenoxy) is 3. The number of aryl methyl sites for hydroxylation is 2. The molecule has 7 heteroatoms. The molecule has 0 fully saturated rings. The minimum atomic E-state index is 0.000451. The van der Waals surface area contributed by atoms with Crippen molar-refractivity contribution in [3.63, 3.8) is 0 Å². The first-order valence-electron chi connectivity index (χ1n) is 7.47. The molecular formula is C16H19N3O4. The summed E-state index contributed by atoms with van der Waals surface area (Å²) >= 11 is 0. The molecule has 0 saturated carbocycles. The molecular weight excluding hydrogens is 298 g/mol. The van der Waals surface area contributed by atoms with Gasteiger partial charge in [-0.3, -0.25) is 4.79 Å².